The summed E-state index contributed by atoms with van der Waals surface area (Å²) < 4.78 is 0. The van der Waals surface area contributed by atoms with E-state index in [4.69, 9.17) is 5.73 Å². The fourth-order valence-electron chi connectivity index (χ4n) is 1.72. The van der Waals surface area contributed by atoms with Crippen molar-refractivity contribution in [3.05, 3.63) is 29.8 Å². The van der Waals surface area contributed by atoms with Crippen LogP contribution >= 0.6 is 0 Å². The fourth-order valence-corrected chi connectivity index (χ4v) is 1.72. The molecule has 1 atom stereocenters. The molecule has 1 aromatic carbocycles. The summed E-state index contributed by atoms with van der Waals surface area (Å²) in [5, 5.41) is 5.22. The lowest BCUT2D eigenvalue weighted by Gasteiger charge is -2.13. The van der Waals surface area contributed by atoms with Gasteiger partial charge in [-0.15, -0.1) is 0 Å². The standard InChI is InChI=1S/C15H21N3O3/c1-3-10(2)8-13(19)18-12-7-5-4-6-11(12)9-17-15(21)14(16)20/h4-7,10H,3,8-9H2,1-2H3,(H2,16,20)(H,17,21)(H,18,19). The van der Waals surface area contributed by atoms with E-state index in [2.05, 4.69) is 10.6 Å². The van der Waals surface area contributed by atoms with Crippen LogP contribution in [0.1, 0.15) is 32.3 Å². The Hall–Kier alpha value is -2.37. The van der Waals surface area contributed by atoms with E-state index in [0.717, 1.165) is 6.42 Å². The number of benzene rings is 1. The third kappa shape index (κ3) is 5.64. The number of hydrogen-bond donors (Lipinski definition) is 3. The highest BCUT2D eigenvalue weighted by Crippen LogP contribution is 2.16. The van der Waals surface area contributed by atoms with Crippen molar-refractivity contribution in [1.82, 2.24) is 5.32 Å². The Labute approximate surface area is 124 Å². The Bertz CT molecular complexity index is 529. The van der Waals surface area contributed by atoms with Crippen molar-refractivity contribution in [3.8, 4) is 0 Å². The molecule has 0 saturated heterocycles. The Morgan fingerprint density at radius 3 is 2.52 bits per heavy atom. The van der Waals surface area contributed by atoms with Gasteiger partial charge in [0.25, 0.3) is 0 Å². The second-order valence-electron chi connectivity index (χ2n) is 4.97. The minimum atomic E-state index is -1.03. The Kier molecular flexibility index (Phi) is 6.39. The third-order valence-corrected chi connectivity index (χ3v) is 3.19. The van der Waals surface area contributed by atoms with E-state index >= 15 is 0 Å². The van der Waals surface area contributed by atoms with Gasteiger partial charge in [0.15, 0.2) is 0 Å². The van der Waals surface area contributed by atoms with Crippen molar-refractivity contribution < 1.29 is 14.4 Å². The van der Waals surface area contributed by atoms with Gasteiger partial charge in [0.2, 0.25) is 5.91 Å². The van der Waals surface area contributed by atoms with Crippen LogP contribution in [0.5, 0.6) is 0 Å². The summed E-state index contributed by atoms with van der Waals surface area (Å²) in [6, 6.07) is 7.09. The van der Waals surface area contributed by atoms with Crippen LogP contribution in [0.3, 0.4) is 0 Å². The molecule has 6 nitrogen and oxygen atoms in total. The van der Waals surface area contributed by atoms with E-state index in [1.165, 1.54) is 0 Å². The zero-order valence-electron chi connectivity index (χ0n) is 12.3. The van der Waals surface area contributed by atoms with Gasteiger partial charge in [-0.25, -0.2) is 0 Å². The molecule has 0 aliphatic rings. The monoisotopic (exact) mass is 291 g/mol. The van der Waals surface area contributed by atoms with Gasteiger partial charge in [-0.2, -0.15) is 0 Å². The topological polar surface area (TPSA) is 101 Å². The number of primary amides is 1. The normalized spacial score (nSPS) is 11.5. The highest BCUT2D eigenvalue weighted by molar-refractivity contribution is 6.34. The Balaban J connectivity index is 2.68. The predicted molar refractivity (Wildman–Crippen MR) is 80.2 cm³/mol. The number of amides is 3. The predicted octanol–water partition coefficient (Wildman–Crippen LogP) is 1.16. The highest BCUT2D eigenvalue weighted by Gasteiger charge is 2.12. The van der Waals surface area contributed by atoms with Crippen molar-refractivity contribution in [2.75, 3.05) is 5.32 Å². The van der Waals surface area contributed by atoms with E-state index in [0.29, 0.717) is 23.6 Å². The quantitative estimate of drug-likeness (QED) is 0.685. The molecule has 1 aromatic rings. The van der Waals surface area contributed by atoms with E-state index in [1.807, 2.05) is 13.8 Å². The number of nitrogens with two attached hydrogens (primary N) is 1. The smallest absolute Gasteiger partial charge is 0.309 e. The Morgan fingerprint density at radius 1 is 1.24 bits per heavy atom. The maximum Gasteiger partial charge on any atom is 0.309 e. The molecule has 1 rings (SSSR count). The number of nitrogens with one attached hydrogen (secondary N) is 2. The SMILES string of the molecule is CCC(C)CC(=O)Nc1ccccc1CNC(=O)C(N)=O. The van der Waals surface area contributed by atoms with Crippen LogP contribution in [0, 0.1) is 5.92 Å². The van der Waals surface area contributed by atoms with Gasteiger partial charge in [-0.05, 0) is 17.5 Å². The minimum Gasteiger partial charge on any atom is -0.361 e. The van der Waals surface area contributed by atoms with Gasteiger partial charge >= 0.3 is 11.8 Å². The fraction of sp³-hybridized carbons (Fsp3) is 0.400. The average molecular weight is 291 g/mol. The van der Waals surface area contributed by atoms with Crippen LogP contribution < -0.4 is 16.4 Å². The van der Waals surface area contributed by atoms with Gasteiger partial charge in [-0.3, -0.25) is 14.4 Å². The molecule has 0 radical (unpaired) electrons. The zero-order valence-corrected chi connectivity index (χ0v) is 12.3. The van der Waals surface area contributed by atoms with Crippen LogP contribution in [0.25, 0.3) is 0 Å². The summed E-state index contributed by atoms with van der Waals surface area (Å²) in [4.78, 5) is 33.7. The van der Waals surface area contributed by atoms with Gasteiger partial charge in [0, 0.05) is 18.7 Å². The first-order valence-electron chi connectivity index (χ1n) is 6.89. The van der Waals surface area contributed by atoms with Crippen molar-refractivity contribution >= 4 is 23.4 Å². The van der Waals surface area contributed by atoms with Crippen molar-refractivity contribution in [2.45, 2.75) is 33.2 Å². The number of carbonyl (C=O) groups excluding carboxylic acids is 3. The molecule has 4 N–H and O–H groups in total. The van der Waals surface area contributed by atoms with Crippen molar-refractivity contribution in [3.63, 3.8) is 0 Å². The summed E-state index contributed by atoms with van der Waals surface area (Å²) in [6.07, 6.45) is 1.38. The molecule has 0 aromatic heterocycles. The summed E-state index contributed by atoms with van der Waals surface area (Å²) >= 11 is 0. The summed E-state index contributed by atoms with van der Waals surface area (Å²) in [7, 11) is 0. The van der Waals surface area contributed by atoms with Crippen LogP contribution in [0.4, 0.5) is 5.69 Å². The number of rotatable bonds is 6. The molecule has 0 saturated carbocycles. The molecule has 6 heteroatoms. The van der Waals surface area contributed by atoms with Crippen molar-refractivity contribution in [1.29, 1.82) is 0 Å². The molecule has 114 valence electrons. The maximum atomic E-state index is 11.9. The van der Waals surface area contributed by atoms with Gasteiger partial charge in [0.1, 0.15) is 0 Å². The van der Waals surface area contributed by atoms with Crippen LogP contribution in [-0.4, -0.2) is 17.7 Å². The van der Waals surface area contributed by atoms with Gasteiger partial charge < -0.3 is 16.4 Å². The summed E-state index contributed by atoms with van der Waals surface area (Å²) in [5.41, 5.74) is 6.20. The molecule has 0 aliphatic heterocycles. The van der Waals surface area contributed by atoms with Crippen LogP contribution in [0.15, 0.2) is 24.3 Å². The largest absolute Gasteiger partial charge is 0.361 e. The molecular weight excluding hydrogens is 270 g/mol. The molecule has 3 amide bonds. The highest BCUT2D eigenvalue weighted by atomic mass is 16.2. The number of carbonyl (C=O) groups is 3. The summed E-state index contributed by atoms with van der Waals surface area (Å²) in [5.74, 6) is -1.64. The lowest BCUT2D eigenvalue weighted by Crippen LogP contribution is -2.35. The first kappa shape index (κ1) is 16.7. The van der Waals surface area contributed by atoms with Crippen molar-refractivity contribution in [2.24, 2.45) is 11.7 Å². The molecule has 0 aliphatic carbocycles. The molecular formula is C15H21N3O3. The third-order valence-electron chi connectivity index (χ3n) is 3.19. The van der Waals surface area contributed by atoms with Gasteiger partial charge in [-0.1, -0.05) is 38.5 Å². The lowest BCUT2D eigenvalue weighted by atomic mass is 10.0. The zero-order chi connectivity index (χ0) is 15.8. The molecule has 0 spiro atoms. The molecule has 0 fully saturated rings. The molecule has 21 heavy (non-hydrogen) atoms. The second kappa shape index (κ2) is 8.04. The van der Waals surface area contributed by atoms with E-state index in [-0.39, 0.29) is 12.5 Å². The molecule has 0 heterocycles. The first-order chi connectivity index (χ1) is 9.93. The van der Waals surface area contributed by atoms with Crippen LogP contribution in [-0.2, 0) is 20.9 Å². The minimum absolute atomic E-state index is 0.0713. The first-order valence-corrected chi connectivity index (χ1v) is 6.89. The number of hydrogen-bond acceptors (Lipinski definition) is 3. The molecule has 1 unspecified atom stereocenters. The average Bonchev–Trinajstić information content (AvgIpc) is 2.45. The number of para-hydroxylation sites is 1. The van der Waals surface area contributed by atoms with Gasteiger partial charge in [0.05, 0.1) is 0 Å². The lowest BCUT2D eigenvalue weighted by molar-refractivity contribution is -0.137. The van der Waals surface area contributed by atoms with E-state index < -0.39 is 11.8 Å². The number of anilines is 1. The maximum absolute atomic E-state index is 11.9. The van der Waals surface area contributed by atoms with Crippen LogP contribution in [0.2, 0.25) is 0 Å². The van der Waals surface area contributed by atoms with E-state index in [9.17, 15) is 14.4 Å². The Morgan fingerprint density at radius 2 is 1.90 bits per heavy atom. The van der Waals surface area contributed by atoms with E-state index in [1.54, 1.807) is 24.3 Å². The summed E-state index contributed by atoms with van der Waals surface area (Å²) in [6.45, 7) is 4.17. The second-order valence-corrected chi connectivity index (χ2v) is 4.97. The molecule has 0 bridgehead atoms.